The molecular weight excluding hydrogens is 270 g/mol. The van der Waals surface area contributed by atoms with Crippen molar-refractivity contribution in [2.75, 3.05) is 13.7 Å². The molecule has 2 nitrogen and oxygen atoms in total. The van der Waals surface area contributed by atoms with Gasteiger partial charge in [-0.2, -0.15) is 0 Å². The van der Waals surface area contributed by atoms with E-state index in [-0.39, 0.29) is 0 Å². The fourth-order valence-corrected chi connectivity index (χ4v) is 3.45. The molecule has 1 aliphatic carbocycles. The largest absolute Gasteiger partial charge is 0.496 e. The van der Waals surface area contributed by atoms with Gasteiger partial charge in [0.2, 0.25) is 0 Å². The van der Waals surface area contributed by atoms with Crippen LogP contribution in [0.25, 0.3) is 0 Å². The summed E-state index contributed by atoms with van der Waals surface area (Å²) < 4.78 is 5.50. The third-order valence-corrected chi connectivity index (χ3v) is 4.59. The van der Waals surface area contributed by atoms with Crippen molar-refractivity contribution in [3.63, 3.8) is 0 Å². The molecule has 0 amide bonds. The molecular formula is C17H26ClNO. The Kier molecular flexibility index (Phi) is 5.34. The molecule has 0 aromatic heterocycles. The highest BCUT2D eigenvalue weighted by Gasteiger charge is 2.34. The molecule has 0 unspecified atom stereocenters. The summed E-state index contributed by atoms with van der Waals surface area (Å²) in [7, 11) is 1.74. The van der Waals surface area contributed by atoms with Crippen LogP contribution in [-0.4, -0.2) is 19.7 Å². The predicted molar refractivity (Wildman–Crippen MR) is 85.7 cm³/mol. The second kappa shape index (κ2) is 6.82. The highest BCUT2D eigenvalue weighted by molar-refractivity contribution is 6.30. The van der Waals surface area contributed by atoms with Crippen LogP contribution in [0.3, 0.4) is 0 Å². The Hall–Kier alpha value is -0.730. The van der Waals surface area contributed by atoms with Crippen molar-refractivity contribution in [2.24, 2.45) is 5.41 Å². The second-order valence-electron chi connectivity index (χ2n) is 6.38. The molecule has 0 heterocycles. The Balaban J connectivity index is 2.17. The SMILES string of the molecule is COc1ccc(Cl)cc1CC1(CNC(C)C)CCCC1. The summed E-state index contributed by atoms with van der Waals surface area (Å²) in [6.07, 6.45) is 6.31. The van der Waals surface area contributed by atoms with Crippen LogP contribution in [0.1, 0.15) is 45.1 Å². The normalized spacial score (nSPS) is 17.6. The number of ether oxygens (including phenoxy) is 1. The van der Waals surface area contributed by atoms with Gasteiger partial charge in [0.15, 0.2) is 0 Å². The van der Waals surface area contributed by atoms with Gasteiger partial charge in [-0.25, -0.2) is 0 Å². The molecule has 1 aliphatic rings. The molecule has 0 atom stereocenters. The van der Waals surface area contributed by atoms with Gasteiger partial charge in [-0.3, -0.25) is 0 Å². The molecule has 1 aromatic carbocycles. The zero-order chi connectivity index (χ0) is 14.6. The summed E-state index contributed by atoms with van der Waals surface area (Å²) in [4.78, 5) is 0. The number of hydrogen-bond acceptors (Lipinski definition) is 2. The summed E-state index contributed by atoms with van der Waals surface area (Å²) in [6, 6.07) is 6.48. The molecule has 3 heteroatoms. The number of halogens is 1. The van der Waals surface area contributed by atoms with Crippen molar-refractivity contribution in [3.8, 4) is 5.75 Å². The summed E-state index contributed by atoms with van der Waals surface area (Å²) in [6.45, 7) is 5.51. The average Bonchev–Trinajstić information content (AvgIpc) is 2.86. The summed E-state index contributed by atoms with van der Waals surface area (Å²) >= 11 is 6.16. The van der Waals surface area contributed by atoms with E-state index >= 15 is 0 Å². The van der Waals surface area contributed by atoms with Gasteiger partial charge < -0.3 is 10.1 Å². The highest BCUT2D eigenvalue weighted by atomic mass is 35.5. The minimum absolute atomic E-state index is 0.363. The summed E-state index contributed by atoms with van der Waals surface area (Å²) in [5, 5.41) is 4.42. The van der Waals surface area contributed by atoms with E-state index in [0.717, 1.165) is 23.7 Å². The topological polar surface area (TPSA) is 21.3 Å². The number of rotatable bonds is 6. The lowest BCUT2D eigenvalue weighted by molar-refractivity contribution is 0.265. The summed E-state index contributed by atoms with van der Waals surface area (Å²) in [5.41, 5.74) is 1.61. The summed E-state index contributed by atoms with van der Waals surface area (Å²) in [5.74, 6) is 0.963. The lowest BCUT2D eigenvalue weighted by Crippen LogP contribution is -2.37. The standard InChI is InChI=1S/C17H26ClNO/c1-13(2)19-12-17(8-4-5-9-17)11-14-10-15(18)6-7-16(14)20-3/h6-7,10,13,19H,4-5,8-9,11-12H2,1-3H3. The highest BCUT2D eigenvalue weighted by Crippen LogP contribution is 2.42. The van der Waals surface area contributed by atoms with E-state index in [0.29, 0.717) is 11.5 Å². The van der Waals surface area contributed by atoms with Crippen molar-refractivity contribution in [2.45, 2.75) is 52.0 Å². The number of benzene rings is 1. The third kappa shape index (κ3) is 3.89. The number of nitrogens with one attached hydrogen (secondary N) is 1. The van der Waals surface area contributed by atoms with Crippen molar-refractivity contribution < 1.29 is 4.74 Å². The van der Waals surface area contributed by atoms with E-state index in [1.54, 1.807) is 7.11 Å². The van der Waals surface area contributed by atoms with Gasteiger partial charge in [0, 0.05) is 17.6 Å². The molecule has 2 rings (SSSR count). The van der Waals surface area contributed by atoms with E-state index < -0.39 is 0 Å². The molecule has 0 aliphatic heterocycles. The smallest absolute Gasteiger partial charge is 0.122 e. The van der Waals surface area contributed by atoms with E-state index in [9.17, 15) is 0 Å². The molecule has 0 saturated heterocycles. The number of methoxy groups -OCH3 is 1. The maximum absolute atomic E-state index is 6.16. The van der Waals surface area contributed by atoms with Crippen molar-refractivity contribution in [3.05, 3.63) is 28.8 Å². The van der Waals surface area contributed by atoms with Gasteiger partial charge in [-0.15, -0.1) is 0 Å². The second-order valence-corrected chi connectivity index (χ2v) is 6.81. The molecule has 0 spiro atoms. The maximum atomic E-state index is 6.16. The van der Waals surface area contributed by atoms with Crippen molar-refractivity contribution in [1.82, 2.24) is 5.32 Å². The Morgan fingerprint density at radius 2 is 2.00 bits per heavy atom. The molecule has 112 valence electrons. The predicted octanol–water partition coefficient (Wildman–Crippen LogP) is 4.45. The van der Waals surface area contributed by atoms with Crippen LogP contribution in [-0.2, 0) is 6.42 Å². The Morgan fingerprint density at radius 1 is 1.30 bits per heavy atom. The fourth-order valence-electron chi connectivity index (χ4n) is 3.25. The van der Waals surface area contributed by atoms with Gasteiger partial charge in [0.25, 0.3) is 0 Å². The van der Waals surface area contributed by atoms with Crippen LogP contribution in [0.2, 0.25) is 5.02 Å². The zero-order valence-corrected chi connectivity index (χ0v) is 13.6. The molecule has 0 bridgehead atoms. The molecule has 1 aromatic rings. The maximum Gasteiger partial charge on any atom is 0.122 e. The van der Waals surface area contributed by atoms with E-state index in [4.69, 9.17) is 16.3 Å². The van der Waals surface area contributed by atoms with E-state index in [2.05, 4.69) is 25.2 Å². The Morgan fingerprint density at radius 3 is 2.60 bits per heavy atom. The van der Waals surface area contributed by atoms with E-state index in [1.807, 2.05) is 12.1 Å². The molecule has 0 radical (unpaired) electrons. The van der Waals surface area contributed by atoms with Crippen LogP contribution in [0.15, 0.2) is 18.2 Å². The molecule has 1 N–H and O–H groups in total. The van der Waals surface area contributed by atoms with Crippen molar-refractivity contribution >= 4 is 11.6 Å². The van der Waals surface area contributed by atoms with Gasteiger partial charge in [-0.1, -0.05) is 38.3 Å². The van der Waals surface area contributed by atoms with Crippen LogP contribution >= 0.6 is 11.6 Å². The lowest BCUT2D eigenvalue weighted by Gasteiger charge is -2.31. The Labute approximate surface area is 127 Å². The van der Waals surface area contributed by atoms with Gasteiger partial charge in [0.05, 0.1) is 7.11 Å². The quantitative estimate of drug-likeness (QED) is 0.837. The minimum atomic E-state index is 0.363. The van der Waals surface area contributed by atoms with Crippen LogP contribution in [0.5, 0.6) is 5.75 Å². The van der Waals surface area contributed by atoms with Crippen molar-refractivity contribution in [1.29, 1.82) is 0 Å². The first-order chi connectivity index (χ1) is 9.54. The molecule has 1 saturated carbocycles. The molecule has 20 heavy (non-hydrogen) atoms. The third-order valence-electron chi connectivity index (χ3n) is 4.36. The monoisotopic (exact) mass is 295 g/mol. The van der Waals surface area contributed by atoms with Gasteiger partial charge in [-0.05, 0) is 48.4 Å². The first-order valence-electron chi connectivity index (χ1n) is 7.60. The minimum Gasteiger partial charge on any atom is -0.496 e. The van der Waals surface area contributed by atoms with Crippen LogP contribution < -0.4 is 10.1 Å². The Bertz CT molecular complexity index is 439. The van der Waals surface area contributed by atoms with Gasteiger partial charge >= 0.3 is 0 Å². The first kappa shape index (κ1) is 15.7. The molecule has 1 fully saturated rings. The lowest BCUT2D eigenvalue weighted by atomic mass is 9.79. The number of hydrogen-bond donors (Lipinski definition) is 1. The first-order valence-corrected chi connectivity index (χ1v) is 7.98. The van der Waals surface area contributed by atoms with Crippen LogP contribution in [0.4, 0.5) is 0 Å². The average molecular weight is 296 g/mol. The fraction of sp³-hybridized carbons (Fsp3) is 0.647. The van der Waals surface area contributed by atoms with Gasteiger partial charge in [0.1, 0.15) is 5.75 Å². The van der Waals surface area contributed by atoms with Crippen LogP contribution in [0, 0.1) is 5.41 Å². The van der Waals surface area contributed by atoms with E-state index in [1.165, 1.54) is 31.2 Å². The zero-order valence-electron chi connectivity index (χ0n) is 12.8.